The zero-order chi connectivity index (χ0) is 15.0. The van der Waals surface area contributed by atoms with E-state index in [9.17, 15) is 18.3 Å². The molecule has 2 rings (SSSR count). The third-order valence-corrected chi connectivity index (χ3v) is 2.98. The van der Waals surface area contributed by atoms with Crippen LogP contribution in [0.25, 0.3) is 0 Å². The van der Waals surface area contributed by atoms with Crippen LogP contribution in [0.1, 0.15) is 25.8 Å². The van der Waals surface area contributed by atoms with Crippen molar-refractivity contribution in [3.05, 3.63) is 17.8 Å². The lowest BCUT2D eigenvalue weighted by atomic mass is 9.96. The standard InChI is InChI=1S/C13H17F3N2O2/c1-3-4-20-9-5-10(13(14,15)16)11(17-6-9)18-7-12(2,19)8-18/h5-6,19H,3-4,7-8H2,1-2H3. The molecule has 0 unspecified atom stereocenters. The summed E-state index contributed by atoms with van der Waals surface area (Å²) in [6.07, 6.45) is -2.51. The Morgan fingerprint density at radius 3 is 2.60 bits per heavy atom. The molecule has 1 N–H and O–H groups in total. The number of anilines is 1. The maximum absolute atomic E-state index is 13.1. The topological polar surface area (TPSA) is 45.6 Å². The van der Waals surface area contributed by atoms with Crippen LogP contribution in [0.3, 0.4) is 0 Å². The second-order valence-electron chi connectivity index (χ2n) is 5.24. The molecule has 0 saturated carbocycles. The number of ether oxygens (including phenoxy) is 1. The van der Waals surface area contributed by atoms with E-state index >= 15 is 0 Å². The third-order valence-electron chi connectivity index (χ3n) is 2.98. The first-order valence-corrected chi connectivity index (χ1v) is 6.40. The van der Waals surface area contributed by atoms with Crippen molar-refractivity contribution in [1.29, 1.82) is 0 Å². The number of nitrogens with zero attached hydrogens (tertiary/aromatic N) is 2. The highest BCUT2D eigenvalue weighted by Crippen LogP contribution is 2.39. The van der Waals surface area contributed by atoms with Crippen molar-refractivity contribution in [3.8, 4) is 5.75 Å². The van der Waals surface area contributed by atoms with Gasteiger partial charge in [-0.2, -0.15) is 13.2 Å². The van der Waals surface area contributed by atoms with E-state index in [1.54, 1.807) is 6.92 Å². The van der Waals surface area contributed by atoms with E-state index in [1.807, 2.05) is 6.92 Å². The van der Waals surface area contributed by atoms with Crippen LogP contribution in [0.15, 0.2) is 12.3 Å². The van der Waals surface area contributed by atoms with E-state index in [1.165, 1.54) is 11.1 Å². The molecular formula is C13H17F3N2O2. The minimum Gasteiger partial charge on any atom is -0.492 e. The summed E-state index contributed by atoms with van der Waals surface area (Å²) in [7, 11) is 0. The molecule has 1 aromatic rings. The molecule has 4 nitrogen and oxygen atoms in total. The largest absolute Gasteiger partial charge is 0.492 e. The van der Waals surface area contributed by atoms with Crippen LogP contribution in [0.4, 0.5) is 19.0 Å². The summed E-state index contributed by atoms with van der Waals surface area (Å²) >= 11 is 0. The van der Waals surface area contributed by atoms with Crippen LogP contribution in [0, 0.1) is 0 Å². The van der Waals surface area contributed by atoms with Gasteiger partial charge in [0.2, 0.25) is 0 Å². The average molecular weight is 290 g/mol. The van der Waals surface area contributed by atoms with Gasteiger partial charge in [-0.05, 0) is 19.4 Å². The molecule has 0 atom stereocenters. The maximum atomic E-state index is 13.1. The van der Waals surface area contributed by atoms with Crippen LogP contribution in [-0.2, 0) is 6.18 Å². The van der Waals surface area contributed by atoms with Crippen LogP contribution >= 0.6 is 0 Å². The van der Waals surface area contributed by atoms with Gasteiger partial charge in [-0.3, -0.25) is 0 Å². The maximum Gasteiger partial charge on any atom is 0.420 e. The Morgan fingerprint density at radius 2 is 2.10 bits per heavy atom. The van der Waals surface area contributed by atoms with Crippen molar-refractivity contribution < 1.29 is 23.0 Å². The van der Waals surface area contributed by atoms with E-state index in [4.69, 9.17) is 4.74 Å². The molecule has 0 radical (unpaired) electrons. The summed E-state index contributed by atoms with van der Waals surface area (Å²) in [5, 5.41) is 9.63. The smallest absolute Gasteiger partial charge is 0.420 e. The number of hydrogen-bond donors (Lipinski definition) is 1. The number of halogens is 3. The number of β-amino-alcohol motifs (C(OH)–C–C–N with tert-alkyl or cyclic N) is 1. The molecule has 20 heavy (non-hydrogen) atoms. The zero-order valence-electron chi connectivity index (χ0n) is 11.4. The Labute approximate surface area is 115 Å². The molecule has 1 fully saturated rings. The van der Waals surface area contributed by atoms with Gasteiger partial charge < -0.3 is 14.7 Å². The molecule has 0 aliphatic carbocycles. The van der Waals surface area contributed by atoms with Crippen LogP contribution in [-0.4, -0.2) is 35.4 Å². The summed E-state index contributed by atoms with van der Waals surface area (Å²) in [5.41, 5.74) is -1.79. The van der Waals surface area contributed by atoms with Crippen molar-refractivity contribution in [2.75, 3.05) is 24.6 Å². The fourth-order valence-electron chi connectivity index (χ4n) is 2.12. The van der Waals surface area contributed by atoms with E-state index in [-0.39, 0.29) is 24.7 Å². The molecular weight excluding hydrogens is 273 g/mol. The second kappa shape index (κ2) is 5.12. The van der Waals surface area contributed by atoms with Crippen molar-refractivity contribution in [1.82, 2.24) is 4.98 Å². The summed E-state index contributed by atoms with van der Waals surface area (Å²) in [4.78, 5) is 5.26. The monoisotopic (exact) mass is 290 g/mol. The molecule has 1 aliphatic heterocycles. The summed E-state index contributed by atoms with van der Waals surface area (Å²) in [6, 6.07) is 0.963. The summed E-state index contributed by atoms with van der Waals surface area (Å²) in [6.45, 7) is 4.07. The predicted octanol–water partition coefficient (Wildman–Crippen LogP) is 2.46. The Hall–Kier alpha value is -1.50. The van der Waals surface area contributed by atoms with Crippen LogP contribution < -0.4 is 9.64 Å². The number of aromatic nitrogens is 1. The lowest BCUT2D eigenvalue weighted by Crippen LogP contribution is -2.60. The fraction of sp³-hybridized carbons (Fsp3) is 0.615. The van der Waals surface area contributed by atoms with Crippen LogP contribution in [0.2, 0.25) is 0 Å². The highest BCUT2D eigenvalue weighted by atomic mass is 19.4. The molecule has 0 bridgehead atoms. The molecule has 1 aliphatic rings. The van der Waals surface area contributed by atoms with Gasteiger partial charge in [0, 0.05) is 13.1 Å². The van der Waals surface area contributed by atoms with Crippen molar-refractivity contribution in [3.63, 3.8) is 0 Å². The number of hydrogen-bond acceptors (Lipinski definition) is 4. The fourth-order valence-corrected chi connectivity index (χ4v) is 2.12. The lowest BCUT2D eigenvalue weighted by molar-refractivity contribution is -0.137. The number of alkyl halides is 3. The van der Waals surface area contributed by atoms with Gasteiger partial charge in [-0.25, -0.2) is 4.98 Å². The molecule has 0 spiro atoms. The van der Waals surface area contributed by atoms with E-state index in [0.717, 1.165) is 6.07 Å². The van der Waals surface area contributed by atoms with Gasteiger partial charge in [0.15, 0.2) is 0 Å². The molecule has 7 heteroatoms. The van der Waals surface area contributed by atoms with Gasteiger partial charge in [-0.15, -0.1) is 0 Å². The molecule has 0 amide bonds. The third kappa shape index (κ3) is 3.15. The van der Waals surface area contributed by atoms with Gasteiger partial charge in [0.25, 0.3) is 0 Å². The molecule has 1 saturated heterocycles. The summed E-state index contributed by atoms with van der Waals surface area (Å²) in [5.74, 6) is -0.0527. The lowest BCUT2D eigenvalue weighted by Gasteiger charge is -2.45. The molecule has 1 aromatic heterocycles. The first-order valence-electron chi connectivity index (χ1n) is 6.40. The Bertz CT molecular complexity index is 481. The Morgan fingerprint density at radius 1 is 1.45 bits per heavy atom. The highest BCUT2D eigenvalue weighted by Gasteiger charge is 2.43. The first-order chi connectivity index (χ1) is 9.23. The van der Waals surface area contributed by atoms with Gasteiger partial charge in [0.1, 0.15) is 17.1 Å². The van der Waals surface area contributed by atoms with Crippen LogP contribution in [0.5, 0.6) is 5.75 Å². The first kappa shape index (κ1) is 14.9. The van der Waals surface area contributed by atoms with Crippen molar-refractivity contribution in [2.24, 2.45) is 0 Å². The number of rotatable bonds is 4. The van der Waals surface area contributed by atoms with E-state index < -0.39 is 17.3 Å². The van der Waals surface area contributed by atoms with Crippen molar-refractivity contribution >= 4 is 5.82 Å². The Balaban J connectivity index is 2.27. The minimum absolute atomic E-state index is 0.107. The molecule has 0 aromatic carbocycles. The minimum atomic E-state index is -4.50. The average Bonchev–Trinajstić information content (AvgIpc) is 2.32. The SMILES string of the molecule is CCCOc1cnc(N2CC(C)(O)C2)c(C(F)(F)F)c1. The Kier molecular flexibility index (Phi) is 3.82. The summed E-state index contributed by atoms with van der Waals surface area (Å²) < 4.78 is 44.4. The molecule has 2 heterocycles. The van der Waals surface area contributed by atoms with E-state index in [2.05, 4.69) is 4.98 Å². The second-order valence-corrected chi connectivity index (χ2v) is 5.24. The number of aliphatic hydroxyl groups is 1. The normalized spacial score (nSPS) is 17.8. The quantitative estimate of drug-likeness (QED) is 0.925. The predicted molar refractivity (Wildman–Crippen MR) is 67.9 cm³/mol. The van der Waals surface area contributed by atoms with Crippen molar-refractivity contribution in [2.45, 2.75) is 32.0 Å². The molecule has 112 valence electrons. The van der Waals surface area contributed by atoms with Gasteiger partial charge in [0.05, 0.1) is 18.4 Å². The number of pyridine rings is 1. The highest BCUT2D eigenvalue weighted by molar-refractivity contribution is 5.54. The van der Waals surface area contributed by atoms with Gasteiger partial charge >= 0.3 is 6.18 Å². The zero-order valence-corrected chi connectivity index (χ0v) is 11.4. The van der Waals surface area contributed by atoms with E-state index in [0.29, 0.717) is 13.0 Å². The van der Waals surface area contributed by atoms with Gasteiger partial charge in [-0.1, -0.05) is 6.92 Å².